The maximum absolute atomic E-state index is 12.5. The van der Waals surface area contributed by atoms with E-state index >= 15 is 0 Å². The van der Waals surface area contributed by atoms with Crippen LogP contribution in [0.2, 0.25) is 0 Å². The van der Waals surface area contributed by atoms with E-state index < -0.39 is 10.9 Å². The first-order valence-electron chi connectivity index (χ1n) is 9.25. The molecule has 0 saturated carbocycles. The van der Waals surface area contributed by atoms with Crippen LogP contribution in [0.4, 0.5) is 11.4 Å². The van der Waals surface area contributed by atoms with Crippen LogP contribution < -0.4 is 14.9 Å². The number of ether oxygens (including phenoxy) is 2. The minimum Gasteiger partial charge on any atom is -0.490 e. The standard InChI is InChI=1S/C22H18IN3O5/c1-2-30-21-13-15(14-24-25-16-8-10-17(11-9-16)26(28)29)7-12-20(21)31-22(27)18-5-3-4-6-19(18)23/h3-14,25H,2H2,1H3/b24-14+. The fraction of sp³-hybridized carbons (Fsp3) is 0.0909. The van der Waals surface area contributed by atoms with Crippen LogP contribution in [-0.4, -0.2) is 23.7 Å². The van der Waals surface area contributed by atoms with Gasteiger partial charge in [0.2, 0.25) is 0 Å². The van der Waals surface area contributed by atoms with Gasteiger partial charge >= 0.3 is 5.97 Å². The lowest BCUT2D eigenvalue weighted by Gasteiger charge is -2.12. The Morgan fingerprint density at radius 3 is 2.55 bits per heavy atom. The highest BCUT2D eigenvalue weighted by Gasteiger charge is 2.15. The summed E-state index contributed by atoms with van der Waals surface area (Å²) < 4.78 is 12.0. The molecule has 1 N–H and O–H groups in total. The van der Waals surface area contributed by atoms with Crippen molar-refractivity contribution in [3.63, 3.8) is 0 Å². The van der Waals surface area contributed by atoms with E-state index in [1.165, 1.54) is 12.1 Å². The maximum atomic E-state index is 12.5. The van der Waals surface area contributed by atoms with Gasteiger partial charge in [-0.05, 0) is 77.5 Å². The zero-order chi connectivity index (χ0) is 22.2. The van der Waals surface area contributed by atoms with Crippen LogP contribution in [0.5, 0.6) is 11.5 Å². The van der Waals surface area contributed by atoms with E-state index in [1.54, 1.807) is 48.7 Å². The molecule has 9 heteroatoms. The number of nitrogens with one attached hydrogen (secondary N) is 1. The van der Waals surface area contributed by atoms with Gasteiger partial charge < -0.3 is 9.47 Å². The summed E-state index contributed by atoms with van der Waals surface area (Å²) in [7, 11) is 0. The number of hydrazone groups is 1. The van der Waals surface area contributed by atoms with E-state index in [1.807, 2.05) is 19.1 Å². The van der Waals surface area contributed by atoms with Crippen molar-refractivity contribution in [3.8, 4) is 11.5 Å². The van der Waals surface area contributed by atoms with Crippen molar-refractivity contribution in [1.82, 2.24) is 0 Å². The van der Waals surface area contributed by atoms with Gasteiger partial charge in [-0.15, -0.1) is 0 Å². The number of nitrogens with zero attached hydrogens (tertiary/aromatic N) is 2. The van der Waals surface area contributed by atoms with Crippen molar-refractivity contribution in [3.05, 3.63) is 91.5 Å². The smallest absolute Gasteiger partial charge is 0.344 e. The summed E-state index contributed by atoms with van der Waals surface area (Å²) in [6.45, 7) is 2.23. The number of hydrogen-bond acceptors (Lipinski definition) is 7. The summed E-state index contributed by atoms with van der Waals surface area (Å²) in [4.78, 5) is 22.7. The maximum Gasteiger partial charge on any atom is 0.344 e. The van der Waals surface area contributed by atoms with Crippen LogP contribution in [0.1, 0.15) is 22.8 Å². The van der Waals surface area contributed by atoms with Crippen LogP contribution in [0.3, 0.4) is 0 Å². The third-order valence-electron chi connectivity index (χ3n) is 4.05. The zero-order valence-electron chi connectivity index (χ0n) is 16.4. The summed E-state index contributed by atoms with van der Waals surface area (Å²) in [6, 6.07) is 18.2. The number of nitro groups is 1. The predicted octanol–water partition coefficient (Wildman–Crippen LogP) is 5.26. The van der Waals surface area contributed by atoms with Crippen LogP contribution in [0.15, 0.2) is 71.8 Å². The molecular weight excluding hydrogens is 513 g/mol. The molecule has 0 fully saturated rings. The van der Waals surface area contributed by atoms with E-state index in [2.05, 4.69) is 33.1 Å². The minimum absolute atomic E-state index is 0.00575. The number of nitro benzene ring substituents is 1. The highest BCUT2D eigenvalue weighted by Crippen LogP contribution is 2.29. The molecule has 8 nitrogen and oxygen atoms in total. The Hall–Kier alpha value is -3.47. The second kappa shape index (κ2) is 10.5. The lowest BCUT2D eigenvalue weighted by Crippen LogP contribution is -2.11. The van der Waals surface area contributed by atoms with Crippen LogP contribution in [0, 0.1) is 13.7 Å². The molecule has 31 heavy (non-hydrogen) atoms. The number of esters is 1. The number of halogens is 1. The molecule has 0 aliphatic heterocycles. The van der Waals surface area contributed by atoms with E-state index in [9.17, 15) is 14.9 Å². The van der Waals surface area contributed by atoms with Gasteiger partial charge in [0, 0.05) is 15.7 Å². The molecule has 0 radical (unpaired) electrons. The second-order valence-corrected chi connectivity index (χ2v) is 7.34. The lowest BCUT2D eigenvalue weighted by atomic mass is 10.2. The molecule has 0 spiro atoms. The van der Waals surface area contributed by atoms with Gasteiger partial charge in [-0.2, -0.15) is 5.10 Å². The summed E-state index contributed by atoms with van der Waals surface area (Å²) in [5, 5.41) is 14.8. The molecule has 3 rings (SSSR count). The first-order valence-corrected chi connectivity index (χ1v) is 10.3. The molecule has 0 aliphatic rings. The van der Waals surface area contributed by atoms with Gasteiger partial charge in [0.1, 0.15) is 0 Å². The molecule has 0 aliphatic carbocycles. The fourth-order valence-electron chi connectivity index (χ4n) is 2.58. The van der Waals surface area contributed by atoms with E-state index in [0.29, 0.717) is 34.9 Å². The highest BCUT2D eigenvalue weighted by atomic mass is 127. The minimum atomic E-state index is -0.466. The van der Waals surface area contributed by atoms with Crippen molar-refractivity contribution in [2.24, 2.45) is 5.10 Å². The summed E-state index contributed by atoms with van der Waals surface area (Å²) in [5.41, 5.74) is 4.61. The number of benzene rings is 3. The Kier molecular flexibility index (Phi) is 7.55. The Balaban J connectivity index is 1.72. The quantitative estimate of drug-likeness (QED) is 0.106. The third-order valence-corrected chi connectivity index (χ3v) is 4.99. The fourth-order valence-corrected chi connectivity index (χ4v) is 3.19. The Bertz CT molecular complexity index is 1120. The van der Waals surface area contributed by atoms with Crippen molar-refractivity contribution < 1.29 is 19.2 Å². The van der Waals surface area contributed by atoms with Gasteiger partial charge in [0.25, 0.3) is 5.69 Å². The largest absolute Gasteiger partial charge is 0.490 e. The lowest BCUT2D eigenvalue weighted by molar-refractivity contribution is -0.384. The van der Waals surface area contributed by atoms with Crippen LogP contribution in [0.25, 0.3) is 0 Å². The van der Waals surface area contributed by atoms with Crippen molar-refractivity contribution in [2.45, 2.75) is 6.92 Å². The molecule has 0 atom stereocenters. The van der Waals surface area contributed by atoms with Crippen molar-refractivity contribution in [2.75, 3.05) is 12.0 Å². The van der Waals surface area contributed by atoms with Gasteiger partial charge in [0.15, 0.2) is 11.5 Å². The van der Waals surface area contributed by atoms with E-state index in [-0.39, 0.29) is 5.69 Å². The first kappa shape index (κ1) is 22.2. The number of rotatable bonds is 8. The summed E-state index contributed by atoms with van der Waals surface area (Å²) >= 11 is 2.08. The SMILES string of the molecule is CCOc1cc(/C=N/Nc2ccc([N+](=O)[O-])cc2)ccc1OC(=O)c1ccccc1I. The number of anilines is 1. The zero-order valence-corrected chi connectivity index (χ0v) is 18.6. The van der Waals surface area contributed by atoms with Gasteiger partial charge in [-0.1, -0.05) is 12.1 Å². The van der Waals surface area contributed by atoms with E-state index in [0.717, 1.165) is 3.57 Å². The molecule has 158 valence electrons. The van der Waals surface area contributed by atoms with Crippen LogP contribution in [-0.2, 0) is 0 Å². The molecule has 0 bridgehead atoms. The Labute approximate surface area is 192 Å². The Morgan fingerprint density at radius 1 is 1.13 bits per heavy atom. The Morgan fingerprint density at radius 2 is 1.87 bits per heavy atom. The summed E-state index contributed by atoms with van der Waals surface area (Å²) in [6.07, 6.45) is 1.57. The van der Waals surface area contributed by atoms with Crippen molar-refractivity contribution in [1.29, 1.82) is 0 Å². The second-order valence-electron chi connectivity index (χ2n) is 6.18. The number of hydrogen-bond donors (Lipinski definition) is 1. The molecule has 0 unspecified atom stereocenters. The molecule has 0 amide bonds. The molecule has 3 aromatic carbocycles. The van der Waals surface area contributed by atoms with E-state index in [4.69, 9.17) is 9.47 Å². The van der Waals surface area contributed by atoms with Gasteiger partial charge in [-0.3, -0.25) is 15.5 Å². The van der Waals surface area contributed by atoms with Gasteiger partial charge in [-0.25, -0.2) is 4.79 Å². The normalized spacial score (nSPS) is 10.6. The molecular formula is C22H18IN3O5. The predicted molar refractivity (Wildman–Crippen MR) is 126 cm³/mol. The van der Waals surface area contributed by atoms with Crippen molar-refractivity contribution >= 4 is 46.1 Å². The first-order chi connectivity index (χ1) is 15.0. The average Bonchev–Trinajstić information content (AvgIpc) is 2.76. The molecule has 0 aromatic heterocycles. The topological polar surface area (TPSA) is 103 Å². The summed E-state index contributed by atoms with van der Waals surface area (Å²) in [5.74, 6) is 0.264. The molecule has 0 saturated heterocycles. The molecule has 3 aromatic rings. The number of carbonyl (C=O) groups is 1. The average molecular weight is 531 g/mol. The number of carbonyl (C=O) groups excluding carboxylic acids is 1. The number of non-ortho nitro benzene ring substituents is 1. The molecule has 0 heterocycles. The highest BCUT2D eigenvalue weighted by molar-refractivity contribution is 14.1. The third kappa shape index (κ3) is 6.01. The van der Waals surface area contributed by atoms with Crippen LogP contribution >= 0.6 is 22.6 Å². The monoisotopic (exact) mass is 531 g/mol. The van der Waals surface area contributed by atoms with Gasteiger partial charge in [0.05, 0.1) is 29.0 Å².